The van der Waals surface area contributed by atoms with Gasteiger partial charge in [-0.05, 0) is 30.0 Å². The second kappa shape index (κ2) is 8.74. The quantitative estimate of drug-likeness (QED) is 0.678. The number of hydrogen-bond acceptors (Lipinski definition) is 5. The number of aromatic hydroxyl groups is 1. The molecular weight excluding hydrogens is 461 g/mol. The summed E-state index contributed by atoms with van der Waals surface area (Å²) < 4.78 is 40.3. The van der Waals surface area contributed by atoms with Gasteiger partial charge in [-0.3, -0.25) is 18.5 Å². The number of aromatic nitrogens is 1. The van der Waals surface area contributed by atoms with E-state index in [9.17, 15) is 27.5 Å². The molecule has 1 aliphatic rings. The highest BCUT2D eigenvalue weighted by Crippen LogP contribution is 2.34. The summed E-state index contributed by atoms with van der Waals surface area (Å²) in [6.45, 7) is 4.18. The number of nitrogens with zero attached hydrogens (tertiary/aromatic N) is 3. The summed E-state index contributed by atoms with van der Waals surface area (Å²) in [7, 11) is -2.43. The standard InChI is InChI=1S/C21H25ClFN3O5S/c1-12(2)10-26-19(24(3)32(4,30)31)14-7-8-25(20(28)17(14)18(27)21(26)29)11-13-5-6-16(23)15(22)9-13/h5-6,9,12,27H,7-8,10-11H2,1-4H3. The van der Waals surface area contributed by atoms with Gasteiger partial charge in [0.05, 0.1) is 16.8 Å². The van der Waals surface area contributed by atoms with Crippen LogP contribution in [0.2, 0.25) is 5.02 Å². The average Bonchev–Trinajstić information content (AvgIpc) is 2.69. The van der Waals surface area contributed by atoms with E-state index in [2.05, 4.69) is 0 Å². The molecule has 0 atom stereocenters. The number of halogens is 2. The zero-order valence-electron chi connectivity index (χ0n) is 18.2. The Morgan fingerprint density at radius 2 is 1.94 bits per heavy atom. The van der Waals surface area contributed by atoms with Crippen molar-refractivity contribution in [3.05, 3.63) is 56.1 Å². The molecule has 3 rings (SSSR count). The van der Waals surface area contributed by atoms with Gasteiger partial charge < -0.3 is 10.0 Å². The Bertz CT molecular complexity index is 1240. The van der Waals surface area contributed by atoms with Gasteiger partial charge in [-0.15, -0.1) is 0 Å². The van der Waals surface area contributed by atoms with Crippen LogP contribution in [0.3, 0.4) is 0 Å². The number of carbonyl (C=O) groups excluding carboxylic acids is 1. The normalized spacial score (nSPS) is 14.1. The fourth-order valence-corrected chi connectivity index (χ4v) is 4.51. The topological polar surface area (TPSA) is 99.9 Å². The summed E-state index contributed by atoms with van der Waals surface area (Å²) in [4.78, 5) is 27.6. The van der Waals surface area contributed by atoms with Crippen LogP contribution < -0.4 is 9.86 Å². The lowest BCUT2D eigenvalue weighted by atomic mass is 9.97. The Morgan fingerprint density at radius 3 is 2.50 bits per heavy atom. The molecule has 2 aromatic rings. The van der Waals surface area contributed by atoms with Gasteiger partial charge in [0.1, 0.15) is 11.6 Å². The van der Waals surface area contributed by atoms with Gasteiger partial charge in [0.25, 0.3) is 11.5 Å². The summed E-state index contributed by atoms with van der Waals surface area (Å²) >= 11 is 5.83. The van der Waals surface area contributed by atoms with Crippen LogP contribution in [0.5, 0.6) is 5.75 Å². The van der Waals surface area contributed by atoms with Crippen molar-refractivity contribution >= 4 is 33.3 Å². The van der Waals surface area contributed by atoms with E-state index in [1.807, 2.05) is 13.8 Å². The maximum absolute atomic E-state index is 13.5. The zero-order chi connectivity index (χ0) is 24.0. The molecule has 0 unspecified atom stereocenters. The molecule has 8 nitrogen and oxygen atoms in total. The first-order valence-electron chi connectivity index (χ1n) is 9.98. The van der Waals surface area contributed by atoms with E-state index in [4.69, 9.17) is 11.6 Å². The van der Waals surface area contributed by atoms with Gasteiger partial charge in [0, 0.05) is 32.2 Å². The zero-order valence-corrected chi connectivity index (χ0v) is 19.8. The van der Waals surface area contributed by atoms with Gasteiger partial charge >= 0.3 is 0 Å². The van der Waals surface area contributed by atoms with Crippen LogP contribution in [0.1, 0.15) is 35.3 Å². The first kappa shape index (κ1) is 24.1. The van der Waals surface area contributed by atoms with Crippen molar-refractivity contribution in [2.24, 2.45) is 5.92 Å². The smallest absolute Gasteiger partial charge is 0.295 e. The van der Waals surface area contributed by atoms with E-state index in [0.29, 0.717) is 11.1 Å². The molecule has 11 heteroatoms. The molecule has 32 heavy (non-hydrogen) atoms. The van der Waals surface area contributed by atoms with Gasteiger partial charge in [0.15, 0.2) is 5.75 Å². The molecule has 1 aliphatic heterocycles. The number of benzene rings is 1. The van der Waals surface area contributed by atoms with Crippen molar-refractivity contribution in [2.75, 3.05) is 24.2 Å². The van der Waals surface area contributed by atoms with Gasteiger partial charge in [-0.2, -0.15) is 0 Å². The summed E-state index contributed by atoms with van der Waals surface area (Å²) in [6, 6.07) is 4.09. The molecular formula is C21H25ClFN3O5S. The van der Waals surface area contributed by atoms with Crippen LogP contribution in [0, 0.1) is 11.7 Å². The SMILES string of the molecule is CC(C)Cn1c(N(C)S(C)(=O)=O)c2c(c(O)c1=O)C(=O)N(Cc1ccc(F)c(Cl)c1)CC2. The Kier molecular flexibility index (Phi) is 6.57. The number of carbonyl (C=O) groups is 1. The maximum Gasteiger partial charge on any atom is 0.295 e. The van der Waals surface area contributed by atoms with Crippen molar-refractivity contribution in [1.29, 1.82) is 0 Å². The largest absolute Gasteiger partial charge is 0.502 e. The molecule has 0 saturated carbocycles. The van der Waals surface area contributed by atoms with Crippen LogP contribution >= 0.6 is 11.6 Å². The van der Waals surface area contributed by atoms with Gasteiger partial charge in [-0.25, -0.2) is 12.8 Å². The van der Waals surface area contributed by atoms with E-state index < -0.39 is 33.1 Å². The fourth-order valence-electron chi connectivity index (χ4n) is 3.78. The summed E-state index contributed by atoms with van der Waals surface area (Å²) in [6.07, 6.45) is 1.22. The van der Waals surface area contributed by atoms with Crippen LogP contribution in [0.4, 0.5) is 10.2 Å². The Balaban J connectivity index is 2.14. The number of pyridine rings is 1. The van der Waals surface area contributed by atoms with Crippen molar-refractivity contribution in [1.82, 2.24) is 9.47 Å². The van der Waals surface area contributed by atoms with Crippen molar-refractivity contribution in [3.63, 3.8) is 0 Å². The van der Waals surface area contributed by atoms with Crippen molar-refractivity contribution in [3.8, 4) is 5.75 Å². The van der Waals surface area contributed by atoms with Crippen LogP contribution in [0.15, 0.2) is 23.0 Å². The third kappa shape index (κ3) is 4.47. The number of fused-ring (bicyclic) bond motifs is 1. The molecule has 1 amide bonds. The molecule has 0 fully saturated rings. The summed E-state index contributed by atoms with van der Waals surface area (Å²) in [5.74, 6) is -1.84. The van der Waals surface area contributed by atoms with E-state index in [1.165, 1.54) is 34.7 Å². The van der Waals surface area contributed by atoms with E-state index in [-0.39, 0.29) is 48.4 Å². The molecule has 0 radical (unpaired) electrons. The summed E-state index contributed by atoms with van der Waals surface area (Å²) in [5.41, 5.74) is -0.161. The molecule has 1 N–H and O–H groups in total. The summed E-state index contributed by atoms with van der Waals surface area (Å²) in [5, 5.41) is 10.6. The predicted octanol–water partition coefficient (Wildman–Crippen LogP) is 2.60. The molecule has 174 valence electrons. The van der Waals surface area contributed by atoms with Crippen LogP contribution in [0.25, 0.3) is 0 Å². The van der Waals surface area contributed by atoms with Gasteiger partial charge in [-0.1, -0.05) is 31.5 Å². The number of sulfonamides is 1. The molecule has 2 heterocycles. The lowest BCUT2D eigenvalue weighted by molar-refractivity contribution is 0.0722. The van der Waals surface area contributed by atoms with E-state index in [0.717, 1.165) is 10.6 Å². The predicted molar refractivity (Wildman–Crippen MR) is 120 cm³/mol. The lowest BCUT2D eigenvalue weighted by Gasteiger charge is -2.33. The Hall–Kier alpha value is -2.59. The van der Waals surface area contributed by atoms with Crippen molar-refractivity contribution < 1.29 is 22.7 Å². The molecule has 0 spiro atoms. The maximum atomic E-state index is 13.5. The third-order valence-electron chi connectivity index (χ3n) is 5.35. The number of anilines is 1. The Labute approximate surface area is 190 Å². The monoisotopic (exact) mass is 485 g/mol. The minimum Gasteiger partial charge on any atom is -0.502 e. The number of hydrogen-bond donors (Lipinski definition) is 1. The van der Waals surface area contributed by atoms with E-state index in [1.54, 1.807) is 0 Å². The van der Waals surface area contributed by atoms with Crippen LogP contribution in [-0.2, 0) is 29.5 Å². The first-order valence-corrected chi connectivity index (χ1v) is 12.2. The lowest BCUT2D eigenvalue weighted by Crippen LogP contribution is -2.42. The van der Waals surface area contributed by atoms with E-state index >= 15 is 0 Å². The highest BCUT2D eigenvalue weighted by atomic mass is 35.5. The minimum atomic E-state index is -3.75. The molecule has 1 aromatic heterocycles. The fraction of sp³-hybridized carbons (Fsp3) is 0.429. The number of amides is 1. The van der Waals surface area contributed by atoms with Crippen LogP contribution in [-0.4, -0.2) is 48.7 Å². The van der Waals surface area contributed by atoms with Gasteiger partial charge in [0.2, 0.25) is 10.0 Å². The third-order valence-corrected chi connectivity index (χ3v) is 6.80. The van der Waals surface area contributed by atoms with Crippen molar-refractivity contribution in [2.45, 2.75) is 33.4 Å². The number of rotatable bonds is 6. The molecule has 0 bridgehead atoms. The average molecular weight is 486 g/mol. The second-order valence-corrected chi connectivity index (χ2v) is 10.7. The molecule has 0 aliphatic carbocycles. The first-order chi connectivity index (χ1) is 14.8. The highest BCUT2D eigenvalue weighted by Gasteiger charge is 2.35. The molecule has 1 aromatic carbocycles. The Morgan fingerprint density at radius 1 is 1.28 bits per heavy atom. The molecule has 0 saturated heterocycles. The highest BCUT2D eigenvalue weighted by molar-refractivity contribution is 7.92. The minimum absolute atomic E-state index is 0.0177. The second-order valence-electron chi connectivity index (χ2n) is 8.29.